The molecule has 34 heavy (non-hydrogen) atoms. The molecule has 176 valence electrons. The highest BCUT2D eigenvalue weighted by Crippen LogP contribution is 2.55. The first-order valence-corrected chi connectivity index (χ1v) is 12.1. The van der Waals surface area contributed by atoms with Crippen molar-refractivity contribution in [1.82, 2.24) is 9.80 Å². The van der Waals surface area contributed by atoms with Gasteiger partial charge in [-0.05, 0) is 49.1 Å². The van der Waals surface area contributed by atoms with E-state index in [2.05, 4.69) is 29.2 Å². The van der Waals surface area contributed by atoms with Crippen LogP contribution in [0.2, 0.25) is 0 Å². The Balaban J connectivity index is 1.31. The SMILES string of the molecule is CC(O)c1ccc(C(=O)N2CCC3(CC2)CN(Cc2ccccc2O)C3c2ccccc2)cc1. The number of amides is 1. The Labute approximate surface area is 201 Å². The van der Waals surface area contributed by atoms with Gasteiger partial charge in [-0.3, -0.25) is 9.69 Å². The average molecular weight is 457 g/mol. The van der Waals surface area contributed by atoms with Crippen molar-refractivity contribution < 1.29 is 15.0 Å². The number of aliphatic hydroxyl groups excluding tert-OH is 1. The normalized spacial score (nSPS) is 20.6. The van der Waals surface area contributed by atoms with Crippen LogP contribution in [-0.4, -0.2) is 45.6 Å². The second-order valence-corrected chi connectivity index (χ2v) is 9.80. The molecular weight excluding hydrogens is 424 g/mol. The highest BCUT2D eigenvalue weighted by Gasteiger charge is 2.54. The van der Waals surface area contributed by atoms with E-state index in [0.717, 1.165) is 43.6 Å². The maximum Gasteiger partial charge on any atom is 0.253 e. The number of carbonyl (C=O) groups is 1. The molecule has 5 rings (SSSR count). The van der Waals surface area contributed by atoms with Crippen LogP contribution in [0.15, 0.2) is 78.9 Å². The minimum absolute atomic E-state index is 0.0636. The Morgan fingerprint density at radius 3 is 2.26 bits per heavy atom. The van der Waals surface area contributed by atoms with Crippen molar-refractivity contribution in [3.8, 4) is 5.75 Å². The van der Waals surface area contributed by atoms with Gasteiger partial charge < -0.3 is 15.1 Å². The molecule has 2 aliphatic heterocycles. The van der Waals surface area contributed by atoms with Crippen LogP contribution < -0.4 is 0 Å². The fourth-order valence-electron chi connectivity index (χ4n) is 5.74. The molecule has 3 aromatic rings. The summed E-state index contributed by atoms with van der Waals surface area (Å²) in [4.78, 5) is 17.5. The topological polar surface area (TPSA) is 64.0 Å². The number of rotatable bonds is 5. The summed E-state index contributed by atoms with van der Waals surface area (Å²) >= 11 is 0. The van der Waals surface area contributed by atoms with Crippen molar-refractivity contribution in [2.75, 3.05) is 19.6 Å². The molecule has 3 aromatic carbocycles. The molecule has 5 nitrogen and oxygen atoms in total. The van der Waals surface area contributed by atoms with Crippen molar-refractivity contribution in [2.45, 2.75) is 38.5 Å². The number of phenolic OH excluding ortho intramolecular Hbond substituents is 1. The zero-order chi connectivity index (χ0) is 23.7. The Bertz CT molecular complexity index is 1140. The van der Waals surface area contributed by atoms with Crippen LogP contribution in [0.5, 0.6) is 5.75 Å². The summed E-state index contributed by atoms with van der Waals surface area (Å²) < 4.78 is 0. The Kier molecular flexibility index (Phi) is 6.15. The van der Waals surface area contributed by atoms with E-state index in [1.54, 1.807) is 13.0 Å². The zero-order valence-electron chi connectivity index (χ0n) is 19.6. The second kappa shape index (κ2) is 9.24. The summed E-state index contributed by atoms with van der Waals surface area (Å²) in [5.41, 5.74) is 3.89. The van der Waals surface area contributed by atoms with Gasteiger partial charge in [0.05, 0.1) is 6.10 Å². The summed E-state index contributed by atoms with van der Waals surface area (Å²) in [7, 11) is 0. The lowest BCUT2D eigenvalue weighted by atomic mass is 9.63. The van der Waals surface area contributed by atoms with Crippen molar-refractivity contribution in [1.29, 1.82) is 0 Å². The lowest BCUT2D eigenvalue weighted by molar-refractivity contribution is -0.113. The fraction of sp³-hybridized carbons (Fsp3) is 0.345. The number of likely N-dealkylation sites (tertiary alicyclic amines) is 2. The van der Waals surface area contributed by atoms with E-state index in [4.69, 9.17) is 0 Å². The number of benzene rings is 3. The summed E-state index contributed by atoms with van der Waals surface area (Å²) in [5, 5.41) is 20.0. The summed E-state index contributed by atoms with van der Waals surface area (Å²) in [6.07, 6.45) is 1.39. The minimum Gasteiger partial charge on any atom is -0.508 e. The summed E-state index contributed by atoms with van der Waals surface area (Å²) in [6.45, 7) is 4.89. The van der Waals surface area contributed by atoms with Gasteiger partial charge in [0.15, 0.2) is 0 Å². The number of carbonyl (C=O) groups excluding carboxylic acids is 1. The first kappa shape index (κ1) is 22.6. The molecule has 0 saturated carbocycles. The zero-order valence-corrected chi connectivity index (χ0v) is 19.6. The molecule has 0 aliphatic carbocycles. The Hall–Kier alpha value is -3.15. The monoisotopic (exact) mass is 456 g/mol. The van der Waals surface area contributed by atoms with Crippen LogP contribution >= 0.6 is 0 Å². The fourth-order valence-corrected chi connectivity index (χ4v) is 5.74. The van der Waals surface area contributed by atoms with Crippen LogP contribution in [0, 0.1) is 5.41 Å². The van der Waals surface area contributed by atoms with Gasteiger partial charge in [0.25, 0.3) is 5.91 Å². The molecule has 2 atom stereocenters. The molecule has 1 amide bonds. The maximum atomic E-state index is 13.1. The maximum absolute atomic E-state index is 13.1. The Morgan fingerprint density at radius 2 is 1.62 bits per heavy atom. The number of phenols is 1. The van der Waals surface area contributed by atoms with Crippen molar-refractivity contribution in [3.63, 3.8) is 0 Å². The molecule has 2 fully saturated rings. The lowest BCUT2D eigenvalue weighted by Crippen LogP contribution is -2.62. The second-order valence-electron chi connectivity index (χ2n) is 9.80. The first-order chi connectivity index (χ1) is 16.5. The van der Waals surface area contributed by atoms with E-state index in [9.17, 15) is 15.0 Å². The first-order valence-electron chi connectivity index (χ1n) is 12.1. The van der Waals surface area contributed by atoms with E-state index in [-0.39, 0.29) is 17.4 Å². The third-order valence-corrected chi connectivity index (χ3v) is 7.63. The number of piperidine rings is 1. The number of para-hydroxylation sites is 1. The predicted octanol–water partition coefficient (Wildman–Crippen LogP) is 4.93. The van der Waals surface area contributed by atoms with Gasteiger partial charge >= 0.3 is 0 Å². The van der Waals surface area contributed by atoms with Crippen LogP contribution in [0.25, 0.3) is 0 Å². The van der Waals surface area contributed by atoms with Gasteiger partial charge in [-0.25, -0.2) is 0 Å². The molecule has 5 heteroatoms. The minimum atomic E-state index is -0.534. The number of nitrogens with zero attached hydrogens (tertiary/aromatic N) is 2. The lowest BCUT2D eigenvalue weighted by Gasteiger charge is -2.61. The summed E-state index contributed by atoms with van der Waals surface area (Å²) in [6, 6.07) is 25.8. The van der Waals surface area contributed by atoms with Crippen LogP contribution in [-0.2, 0) is 6.54 Å². The standard InChI is InChI=1S/C29H32N2O3/c1-21(32)22-11-13-24(14-12-22)28(34)30-17-15-29(16-18-30)20-31(19-25-9-5-6-10-26(25)33)27(29)23-7-3-2-4-8-23/h2-14,21,27,32-33H,15-20H2,1H3. The van der Waals surface area contributed by atoms with Gasteiger partial charge in [0.2, 0.25) is 0 Å². The van der Waals surface area contributed by atoms with Crippen molar-refractivity contribution >= 4 is 5.91 Å². The number of aromatic hydroxyl groups is 1. The molecular formula is C29H32N2O3. The van der Waals surface area contributed by atoms with E-state index in [1.165, 1.54) is 5.56 Å². The number of hydrogen-bond acceptors (Lipinski definition) is 4. The number of hydrogen-bond donors (Lipinski definition) is 2. The smallest absolute Gasteiger partial charge is 0.253 e. The van der Waals surface area contributed by atoms with Crippen LogP contribution in [0.3, 0.4) is 0 Å². The molecule has 0 aromatic heterocycles. The van der Waals surface area contributed by atoms with Crippen molar-refractivity contribution in [2.24, 2.45) is 5.41 Å². The quantitative estimate of drug-likeness (QED) is 0.572. The molecule has 0 radical (unpaired) electrons. The average Bonchev–Trinajstić information content (AvgIpc) is 2.85. The van der Waals surface area contributed by atoms with E-state index < -0.39 is 6.10 Å². The van der Waals surface area contributed by atoms with Crippen molar-refractivity contribution in [3.05, 3.63) is 101 Å². The Morgan fingerprint density at radius 1 is 0.971 bits per heavy atom. The number of aliphatic hydroxyl groups is 1. The molecule has 2 unspecified atom stereocenters. The largest absolute Gasteiger partial charge is 0.508 e. The molecule has 2 N–H and O–H groups in total. The van der Waals surface area contributed by atoms with Gasteiger partial charge in [0.1, 0.15) is 5.75 Å². The van der Waals surface area contributed by atoms with Gasteiger partial charge in [-0.1, -0.05) is 60.7 Å². The predicted molar refractivity (Wildman–Crippen MR) is 132 cm³/mol. The highest BCUT2D eigenvalue weighted by atomic mass is 16.3. The highest BCUT2D eigenvalue weighted by molar-refractivity contribution is 5.94. The van der Waals surface area contributed by atoms with Gasteiger partial charge in [-0.15, -0.1) is 0 Å². The molecule has 2 aliphatic rings. The van der Waals surface area contributed by atoms with Crippen LogP contribution in [0.1, 0.15) is 59.0 Å². The summed E-state index contributed by atoms with van der Waals surface area (Å²) in [5.74, 6) is 0.408. The third kappa shape index (κ3) is 4.22. The molecule has 2 saturated heterocycles. The third-order valence-electron chi connectivity index (χ3n) is 7.63. The molecule has 0 bridgehead atoms. The molecule has 1 spiro atoms. The van der Waals surface area contributed by atoms with E-state index >= 15 is 0 Å². The van der Waals surface area contributed by atoms with E-state index in [1.807, 2.05) is 53.4 Å². The van der Waals surface area contributed by atoms with E-state index in [0.29, 0.717) is 17.9 Å². The van der Waals surface area contributed by atoms with Gasteiger partial charge in [0, 0.05) is 48.8 Å². The van der Waals surface area contributed by atoms with Crippen LogP contribution in [0.4, 0.5) is 0 Å². The molecule has 2 heterocycles. The van der Waals surface area contributed by atoms with Gasteiger partial charge in [-0.2, -0.15) is 0 Å².